The smallest absolute Gasteiger partial charge is 0.264 e. The maximum absolute atomic E-state index is 13.3. The Hall–Kier alpha value is -2.97. The second kappa shape index (κ2) is 7.37. The number of piperidine rings is 1. The van der Waals surface area contributed by atoms with Gasteiger partial charge in [-0.05, 0) is 36.8 Å². The first-order valence-corrected chi connectivity index (χ1v) is 10.2. The third-order valence-electron chi connectivity index (χ3n) is 5.84. The lowest BCUT2D eigenvalue weighted by atomic mass is 10.0. The van der Waals surface area contributed by atoms with E-state index in [-0.39, 0.29) is 24.2 Å². The highest BCUT2D eigenvalue weighted by atomic mass is 16.7. The molecule has 1 aromatic heterocycles. The molecule has 2 fully saturated rings. The molecule has 2 amide bonds. The van der Waals surface area contributed by atoms with Crippen molar-refractivity contribution < 1.29 is 23.8 Å². The Balaban J connectivity index is 1.41. The lowest BCUT2D eigenvalue weighted by Gasteiger charge is -2.38. The van der Waals surface area contributed by atoms with E-state index in [1.807, 2.05) is 19.1 Å². The van der Waals surface area contributed by atoms with Gasteiger partial charge in [0, 0.05) is 32.1 Å². The van der Waals surface area contributed by atoms with Gasteiger partial charge in [0.2, 0.25) is 11.8 Å². The molecule has 1 spiro atoms. The van der Waals surface area contributed by atoms with Crippen molar-refractivity contribution in [1.82, 2.24) is 9.88 Å². The quantitative estimate of drug-likeness (QED) is 0.758. The van der Waals surface area contributed by atoms with Crippen LogP contribution in [0.1, 0.15) is 28.8 Å². The molecule has 4 heterocycles. The fourth-order valence-electron chi connectivity index (χ4n) is 4.19. The summed E-state index contributed by atoms with van der Waals surface area (Å²) in [6.45, 7) is 4.14. The van der Waals surface area contributed by atoms with Gasteiger partial charge in [0.05, 0.1) is 18.9 Å². The van der Waals surface area contributed by atoms with Crippen LogP contribution in [0.5, 0.6) is 11.6 Å². The summed E-state index contributed by atoms with van der Waals surface area (Å²) in [6, 6.07) is 8.92. The van der Waals surface area contributed by atoms with Gasteiger partial charge in [-0.3, -0.25) is 14.5 Å². The Labute approximate surface area is 174 Å². The summed E-state index contributed by atoms with van der Waals surface area (Å²) in [4.78, 5) is 33.9. The molecule has 0 N–H and O–H groups in total. The lowest BCUT2D eigenvalue weighted by molar-refractivity contribution is -0.187. The van der Waals surface area contributed by atoms with Crippen molar-refractivity contribution >= 4 is 17.5 Å². The average Bonchev–Trinajstić information content (AvgIpc) is 3.17. The number of pyridine rings is 1. The number of rotatable bonds is 2. The van der Waals surface area contributed by atoms with Gasteiger partial charge in [-0.2, -0.15) is 0 Å². The van der Waals surface area contributed by atoms with Gasteiger partial charge < -0.3 is 19.1 Å². The van der Waals surface area contributed by atoms with Crippen LogP contribution in [0, 0.1) is 6.92 Å². The Bertz CT molecular complexity index is 992. The number of anilines is 1. The standard InChI is InChI=1S/C22H23N3O5/c1-15-4-5-18-17(13-15)25(21(27)16-3-2-8-23-20(16)30-18)14-19(26)24-9-6-22(7-10-24)28-11-12-29-22/h2-5,8,13H,6-7,9-12,14H2,1H3. The van der Waals surface area contributed by atoms with E-state index in [9.17, 15) is 9.59 Å². The Morgan fingerprint density at radius 2 is 1.93 bits per heavy atom. The molecule has 0 saturated carbocycles. The largest absolute Gasteiger partial charge is 0.436 e. The molecule has 0 unspecified atom stereocenters. The minimum atomic E-state index is -0.544. The molecule has 0 atom stereocenters. The van der Waals surface area contributed by atoms with Crippen LogP contribution in [0.3, 0.4) is 0 Å². The van der Waals surface area contributed by atoms with Crippen molar-refractivity contribution in [1.29, 1.82) is 0 Å². The van der Waals surface area contributed by atoms with Crippen LogP contribution in [0.2, 0.25) is 0 Å². The second-order valence-electron chi connectivity index (χ2n) is 7.81. The van der Waals surface area contributed by atoms with Gasteiger partial charge in [-0.25, -0.2) is 4.98 Å². The van der Waals surface area contributed by atoms with E-state index in [0.29, 0.717) is 56.1 Å². The number of aromatic nitrogens is 1. The van der Waals surface area contributed by atoms with Crippen LogP contribution >= 0.6 is 0 Å². The summed E-state index contributed by atoms with van der Waals surface area (Å²) in [7, 11) is 0. The van der Waals surface area contributed by atoms with E-state index < -0.39 is 5.79 Å². The first kappa shape index (κ1) is 19.0. The molecule has 156 valence electrons. The SMILES string of the molecule is Cc1ccc2c(c1)N(CC(=O)N1CCC3(CC1)OCCO3)C(=O)c1cccnc1O2. The Morgan fingerprint density at radius 3 is 2.70 bits per heavy atom. The van der Waals surface area contributed by atoms with E-state index in [1.54, 1.807) is 29.3 Å². The van der Waals surface area contributed by atoms with Gasteiger partial charge in [-0.1, -0.05) is 6.07 Å². The summed E-state index contributed by atoms with van der Waals surface area (Å²) >= 11 is 0. The number of benzene rings is 1. The topological polar surface area (TPSA) is 81.2 Å². The predicted octanol–water partition coefficient (Wildman–Crippen LogP) is 2.51. The highest BCUT2D eigenvalue weighted by molar-refractivity contribution is 6.11. The minimum absolute atomic E-state index is 0.0678. The number of fused-ring (bicyclic) bond motifs is 2. The third-order valence-corrected chi connectivity index (χ3v) is 5.84. The van der Waals surface area contributed by atoms with Gasteiger partial charge in [0.25, 0.3) is 5.91 Å². The predicted molar refractivity (Wildman–Crippen MR) is 108 cm³/mol. The number of aryl methyl sites for hydroxylation is 1. The monoisotopic (exact) mass is 409 g/mol. The fraction of sp³-hybridized carbons (Fsp3) is 0.409. The summed E-state index contributed by atoms with van der Waals surface area (Å²) in [5.74, 6) is -0.206. The summed E-state index contributed by atoms with van der Waals surface area (Å²) in [5.41, 5.74) is 1.88. The molecular weight excluding hydrogens is 386 g/mol. The van der Waals surface area contributed by atoms with E-state index in [2.05, 4.69) is 4.98 Å². The molecule has 30 heavy (non-hydrogen) atoms. The highest BCUT2D eigenvalue weighted by Gasteiger charge is 2.41. The van der Waals surface area contributed by atoms with Crippen molar-refractivity contribution in [2.75, 3.05) is 37.7 Å². The zero-order chi connectivity index (χ0) is 20.7. The van der Waals surface area contributed by atoms with Gasteiger partial charge in [0.1, 0.15) is 12.1 Å². The fourth-order valence-corrected chi connectivity index (χ4v) is 4.19. The van der Waals surface area contributed by atoms with Crippen molar-refractivity contribution in [3.8, 4) is 11.6 Å². The van der Waals surface area contributed by atoms with Crippen molar-refractivity contribution in [3.05, 3.63) is 47.7 Å². The summed E-state index contributed by atoms with van der Waals surface area (Å²) in [6.07, 6.45) is 2.86. The lowest BCUT2D eigenvalue weighted by Crippen LogP contribution is -2.50. The number of likely N-dealkylation sites (tertiary alicyclic amines) is 1. The second-order valence-corrected chi connectivity index (χ2v) is 7.81. The molecule has 2 aromatic rings. The van der Waals surface area contributed by atoms with Crippen LogP contribution in [-0.4, -0.2) is 60.3 Å². The maximum Gasteiger partial charge on any atom is 0.264 e. The van der Waals surface area contributed by atoms with Crippen LogP contribution in [-0.2, 0) is 14.3 Å². The van der Waals surface area contributed by atoms with Crippen LogP contribution < -0.4 is 9.64 Å². The number of hydrogen-bond donors (Lipinski definition) is 0. The molecule has 0 bridgehead atoms. The van der Waals surface area contributed by atoms with E-state index in [4.69, 9.17) is 14.2 Å². The van der Waals surface area contributed by atoms with Crippen molar-refractivity contribution in [3.63, 3.8) is 0 Å². The molecule has 3 aliphatic rings. The van der Waals surface area contributed by atoms with Gasteiger partial charge in [0.15, 0.2) is 11.5 Å². The van der Waals surface area contributed by atoms with E-state index >= 15 is 0 Å². The first-order valence-electron chi connectivity index (χ1n) is 10.2. The zero-order valence-corrected chi connectivity index (χ0v) is 16.8. The molecule has 1 aromatic carbocycles. The Kier molecular flexibility index (Phi) is 4.67. The molecule has 0 radical (unpaired) electrons. The number of carbonyl (C=O) groups excluding carboxylic acids is 2. The number of nitrogens with zero attached hydrogens (tertiary/aromatic N) is 3. The maximum atomic E-state index is 13.3. The van der Waals surface area contributed by atoms with Gasteiger partial charge in [-0.15, -0.1) is 0 Å². The van der Waals surface area contributed by atoms with Crippen molar-refractivity contribution in [2.24, 2.45) is 0 Å². The number of ether oxygens (including phenoxy) is 3. The molecular formula is C22H23N3O5. The number of hydrogen-bond acceptors (Lipinski definition) is 6. The number of amides is 2. The Morgan fingerprint density at radius 1 is 1.17 bits per heavy atom. The number of carbonyl (C=O) groups is 2. The first-order chi connectivity index (χ1) is 14.5. The van der Waals surface area contributed by atoms with Crippen molar-refractivity contribution in [2.45, 2.75) is 25.6 Å². The van der Waals surface area contributed by atoms with E-state index in [1.165, 1.54) is 4.90 Å². The molecule has 8 heteroatoms. The minimum Gasteiger partial charge on any atom is -0.436 e. The van der Waals surface area contributed by atoms with E-state index in [0.717, 1.165) is 5.56 Å². The molecule has 3 aliphatic heterocycles. The zero-order valence-electron chi connectivity index (χ0n) is 16.8. The highest BCUT2D eigenvalue weighted by Crippen LogP contribution is 2.38. The normalized spacial score (nSPS) is 19.8. The molecule has 5 rings (SSSR count). The van der Waals surface area contributed by atoms with Crippen LogP contribution in [0.4, 0.5) is 5.69 Å². The van der Waals surface area contributed by atoms with Crippen LogP contribution in [0.15, 0.2) is 36.5 Å². The molecule has 0 aliphatic carbocycles. The van der Waals surface area contributed by atoms with Gasteiger partial charge >= 0.3 is 0 Å². The summed E-state index contributed by atoms with van der Waals surface area (Å²) in [5, 5.41) is 0. The molecule has 8 nitrogen and oxygen atoms in total. The van der Waals surface area contributed by atoms with Crippen LogP contribution in [0.25, 0.3) is 0 Å². The average molecular weight is 409 g/mol. The molecule has 2 saturated heterocycles. The summed E-state index contributed by atoms with van der Waals surface area (Å²) < 4.78 is 17.4. The third kappa shape index (κ3) is 3.32.